The molecule has 0 aromatic heterocycles. The van der Waals surface area contributed by atoms with E-state index in [0.29, 0.717) is 18.0 Å². The van der Waals surface area contributed by atoms with Crippen LogP contribution in [-0.2, 0) is 4.79 Å². The van der Waals surface area contributed by atoms with Gasteiger partial charge in [0.05, 0.1) is 4.83 Å². The molecule has 3 nitrogen and oxygen atoms in total. The maximum atomic E-state index is 12.0. The molecule has 3 atom stereocenters. The Morgan fingerprint density at radius 3 is 2.81 bits per heavy atom. The smallest absolute Gasteiger partial charge is 0.234 e. The summed E-state index contributed by atoms with van der Waals surface area (Å²) in [4.78, 5) is 14.4. The van der Waals surface area contributed by atoms with E-state index in [1.165, 1.54) is 19.4 Å². The van der Waals surface area contributed by atoms with Gasteiger partial charge in [-0.05, 0) is 31.7 Å². The molecule has 2 rings (SSSR count). The van der Waals surface area contributed by atoms with E-state index in [1.807, 2.05) is 0 Å². The van der Waals surface area contributed by atoms with Gasteiger partial charge in [0, 0.05) is 18.6 Å². The maximum absolute atomic E-state index is 12.0. The molecule has 0 spiro atoms. The van der Waals surface area contributed by atoms with E-state index >= 15 is 0 Å². The van der Waals surface area contributed by atoms with Gasteiger partial charge in [-0.25, -0.2) is 0 Å². The monoisotopic (exact) mass is 288 g/mol. The van der Waals surface area contributed by atoms with Crippen LogP contribution in [0.3, 0.4) is 0 Å². The minimum atomic E-state index is -0.0528. The van der Waals surface area contributed by atoms with Crippen molar-refractivity contribution in [2.75, 3.05) is 13.1 Å². The number of nitrogens with one attached hydrogen (secondary N) is 1. The van der Waals surface area contributed by atoms with Gasteiger partial charge >= 0.3 is 0 Å². The number of carbonyl (C=O) groups is 1. The van der Waals surface area contributed by atoms with Gasteiger partial charge in [0.2, 0.25) is 5.91 Å². The molecule has 0 aliphatic carbocycles. The fraction of sp³-hybridized carbons (Fsp3) is 0.917. The average Bonchev–Trinajstić information content (AvgIpc) is 2.81. The summed E-state index contributed by atoms with van der Waals surface area (Å²) >= 11 is 3.46. The number of hydrogen-bond donors (Lipinski definition) is 1. The van der Waals surface area contributed by atoms with E-state index in [1.54, 1.807) is 0 Å². The summed E-state index contributed by atoms with van der Waals surface area (Å²) < 4.78 is 0. The van der Waals surface area contributed by atoms with Crippen LogP contribution >= 0.6 is 15.9 Å². The predicted molar refractivity (Wildman–Crippen MR) is 68.7 cm³/mol. The van der Waals surface area contributed by atoms with Gasteiger partial charge in [0.25, 0.3) is 0 Å². The highest BCUT2D eigenvalue weighted by atomic mass is 79.9. The second kappa shape index (κ2) is 5.05. The van der Waals surface area contributed by atoms with Crippen molar-refractivity contribution < 1.29 is 4.79 Å². The summed E-state index contributed by atoms with van der Waals surface area (Å²) in [6.07, 6.45) is 3.66. The van der Waals surface area contributed by atoms with Crippen molar-refractivity contribution in [3.63, 3.8) is 0 Å². The average molecular weight is 289 g/mol. The van der Waals surface area contributed by atoms with Gasteiger partial charge in [0.1, 0.15) is 0 Å². The number of rotatable bonds is 3. The zero-order valence-electron chi connectivity index (χ0n) is 10.1. The molecule has 2 fully saturated rings. The second-order valence-electron chi connectivity index (χ2n) is 5.30. The summed E-state index contributed by atoms with van der Waals surface area (Å²) in [5, 5.41) is 3.20. The van der Waals surface area contributed by atoms with E-state index in [2.05, 4.69) is 40.0 Å². The van der Waals surface area contributed by atoms with E-state index in [-0.39, 0.29) is 10.7 Å². The van der Waals surface area contributed by atoms with Gasteiger partial charge in [-0.1, -0.05) is 29.8 Å². The fourth-order valence-electron chi connectivity index (χ4n) is 2.82. The normalized spacial score (nSPS) is 31.8. The largest absolute Gasteiger partial charge is 0.351 e. The first-order chi connectivity index (χ1) is 7.59. The first-order valence-corrected chi connectivity index (χ1v) is 7.19. The lowest BCUT2D eigenvalue weighted by atomic mass is 10.1. The van der Waals surface area contributed by atoms with Crippen LogP contribution in [0.15, 0.2) is 0 Å². The Labute approximate surface area is 106 Å². The van der Waals surface area contributed by atoms with Crippen LogP contribution < -0.4 is 5.32 Å². The second-order valence-corrected chi connectivity index (χ2v) is 6.28. The SMILES string of the molecule is CC(C)C(Br)C(=O)NC1CCN2CCCC12. The molecule has 3 unspecified atom stereocenters. The van der Waals surface area contributed by atoms with E-state index in [0.717, 1.165) is 13.0 Å². The lowest BCUT2D eigenvalue weighted by molar-refractivity contribution is -0.121. The molecular formula is C12H21BrN2O. The summed E-state index contributed by atoms with van der Waals surface area (Å²) in [5.41, 5.74) is 0. The maximum Gasteiger partial charge on any atom is 0.234 e. The highest BCUT2D eigenvalue weighted by Crippen LogP contribution is 2.28. The molecule has 2 aliphatic heterocycles. The lowest BCUT2D eigenvalue weighted by Crippen LogP contribution is -2.46. The van der Waals surface area contributed by atoms with Gasteiger partial charge in [-0.15, -0.1) is 0 Å². The summed E-state index contributed by atoms with van der Waals surface area (Å²) in [5.74, 6) is 0.509. The topological polar surface area (TPSA) is 32.3 Å². The van der Waals surface area contributed by atoms with Gasteiger partial charge < -0.3 is 5.32 Å². The van der Waals surface area contributed by atoms with Crippen molar-refractivity contribution in [1.82, 2.24) is 10.2 Å². The minimum Gasteiger partial charge on any atom is -0.351 e. The molecule has 0 aromatic carbocycles. The highest BCUT2D eigenvalue weighted by molar-refractivity contribution is 9.10. The number of hydrogen-bond acceptors (Lipinski definition) is 2. The van der Waals surface area contributed by atoms with Crippen molar-refractivity contribution in [2.24, 2.45) is 5.92 Å². The molecule has 2 aliphatic rings. The number of halogens is 1. The Balaban J connectivity index is 1.88. The van der Waals surface area contributed by atoms with Crippen LogP contribution in [0.2, 0.25) is 0 Å². The van der Waals surface area contributed by atoms with Crippen molar-refractivity contribution in [3.8, 4) is 0 Å². The number of nitrogens with zero attached hydrogens (tertiary/aromatic N) is 1. The number of alkyl halides is 1. The summed E-state index contributed by atoms with van der Waals surface area (Å²) in [6, 6.07) is 0.990. The van der Waals surface area contributed by atoms with Crippen molar-refractivity contribution in [1.29, 1.82) is 0 Å². The minimum absolute atomic E-state index is 0.0528. The van der Waals surface area contributed by atoms with Crippen molar-refractivity contribution >= 4 is 21.8 Å². The molecule has 92 valence electrons. The van der Waals surface area contributed by atoms with Crippen LogP contribution in [0.4, 0.5) is 0 Å². The molecular weight excluding hydrogens is 268 g/mol. The molecule has 1 amide bonds. The summed E-state index contributed by atoms with van der Waals surface area (Å²) in [7, 11) is 0. The Kier molecular flexibility index (Phi) is 3.90. The van der Waals surface area contributed by atoms with E-state index < -0.39 is 0 Å². The van der Waals surface area contributed by atoms with Crippen molar-refractivity contribution in [2.45, 2.75) is 50.0 Å². The zero-order valence-corrected chi connectivity index (χ0v) is 11.7. The molecule has 2 saturated heterocycles. The molecule has 16 heavy (non-hydrogen) atoms. The summed E-state index contributed by atoms with van der Waals surface area (Å²) in [6.45, 7) is 6.51. The van der Waals surface area contributed by atoms with Crippen LogP contribution in [0, 0.1) is 5.92 Å². The van der Waals surface area contributed by atoms with Crippen LogP contribution in [0.5, 0.6) is 0 Å². The third-order valence-electron chi connectivity index (χ3n) is 3.77. The number of fused-ring (bicyclic) bond motifs is 1. The molecule has 0 bridgehead atoms. The zero-order chi connectivity index (χ0) is 11.7. The first kappa shape index (κ1) is 12.4. The molecule has 4 heteroatoms. The van der Waals surface area contributed by atoms with E-state index in [9.17, 15) is 4.79 Å². The quantitative estimate of drug-likeness (QED) is 0.803. The lowest BCUT2D eigenvalue weighted by Gasteiger charge is -2.23. The highest BCUT2D eigenvalue weighted by Gasteiger charge is 2.38. The van der Waals surface area contributed by atoms with Crippen molar-refractivity contribution in [3.05, 3.63) is 0 Å². The Hall–Kier alpha value is -0.0900. The Bertz CT molecular complexity index is 270. The standard InChI is InChI=1S/C12H21BrN2O/c1-8(2)11(13)12(16)14-9-5-7-15-6-3-4-10(9)15/h8-11H,3-7H2,1-2H3,(H,14,16). The number of carbonyl (C=O) groups excluding carboxylic acids is 1. The molecule has 1 N–H and O–H groups in total. The van der Waals surface area contributed by atoms with Gasteiger partial charge in [0.15, 0.2) is 0 Å². The predicted octanol–water partition coefficient (Wildman–Crippen LogP) is 1.76. The van der Waals surface area contributed by atoms with Crippen LogP contribution in [0.25, 0.3) is 0 Å². The fourth-order valence-corrected chi connectivity index (χ4v) is 2.95. The Morgan fingerprint density at radius 2 is 2.12 bits per heavy atom. The first-order valence-electron chi connectivity index (χ1n) is 6.28. The molecule has 0 radical (unpaired) electrons. The molecule has 2 heterocycles. The molecule has 0 saturated carbocycles. The van der Waals surface area contributed by atoms with Gasteiger partial charge in [-0.3, -0.25) is 9.69 Å². The number of amides is 1. The third-order valence-corrected chi connectivity index (χ3v) is 5.24. The van der Waals surface area contributed by atoms with Crippen LogP contribution in [-0.4, -0.2) is 40.8 Å². The third kappa shape index (κ3) is 2.43. The molecule has 0 aromatic rings. The van der Waals surface area contributed by atoms with E-state index in [4.69, 9.17) is 0 Å². The van der Waals surface area contributed by atoms with Crippen LogP contribution in [0.1, 0.15) is 33.1 Å². The Morgan fingerprint density at radius 1 is 1.38 bits per heavy atom. The van der Waals surface area contributed by atoms with Gasteiger partial charge in [-0.2, -0.15) is 0 Å².